The summed E-state index contributed by atoms with van der Waals surface area (Å²) in [4.78, 5) is 31.7. The summed E-state index contributed by atoms with van der Waals surface area (Å²) in [5, 5.41) is 15.5. The molecule has 3 aromatic rings. The Morgan fingerprint density at radius 1 is 0.886 bits per heavy atom. The Kier molecular flexibility index (Phi) is 8.47. The molecule has 7 heteroatoms. The van der Waals surface area contributed by atoms with E-state index < -0.39 is 5.97 Å². The molecule has 3 rings (SSSR count). The summed E-state index contributed by atoms with van der Waals surface area (Å²) in [6, 6.07) is 17.5. The van der Waals surface area contributed by atoms with E-state index in [0.717, 1.165) is 18.7 Å². The zero-order valence-corrected chi connectivity index (χ0v) is 21.0. The fraction of sp³-hybridized carbons (Fsp3) is 0.321. The minimum atomic E-state index is -1.03. The highest BCUT2D eigenvalue weighted by molar-refractivity contribution is 6.01. The number of amides is 2. The first-order valence-corrected chi connectivity index (χ1v) is 11.9. The Balaban J connectivity index is 2.02. The van der Waals surface area contributed by atoms with Crippen molar-refractivity contribution in [2.45, 2.75) is 34.6 Å². The molecule has 0 bridgehead atoms. The molecule has 0 aliphatic rings. The van der Waals surface area contributed by atoms with Crippen molar-refractivity contribution < 1.29 is 14.7 Å². The first kappa shape index (κ1) is 25.7. The maximum Gasteiger partial charge on any atom is 0.336 e. The predicted octanol–water partition coefficient (Wildman–Crippen LogP) is 6.52. The molecule has 184 valence electrons. The third-order valence-electron chi connectivity index (χ3n) is 5.31. The van der Waals surface area contributed by atoms with Crippen LogP contribution in [-0.4, -0.2) is 35.2 Å². The number of carbonyl (C=O) groups is 2. The number of nitrogens with one attached hydrogen (secondary N) is 2. The number of hydrogen-bond acceptors (Lipinski definition) is 4. The summed E-state index contributed by atoms with van der Waals surface area (Å²) in [5.74, 6) is 0.454. The molecule has 0 aliphatic heterocycles. The van der Waals surface area contributed by atoms with Gasteiger partial charge in [-0.2, -0.15) is 0 Å². The Morgan fingerprint density at radius 2 is 1.49 bits per heavy atom. The number of aromatic carboxylic acids is 1. The Bertz CT molecular complexity index is 1160. The van der Waals surface area contributed by atoms with Crippen LogP contribution in [0.5, 0.6) is 0 Å². The number of rotatable bonds is 9. The van der Waals surface area contributed by atoms with Gasteiger partial charge in [0.05, 0.1) is 11.3 Å². The Hall–Kier alpha value is -3.87. The van der Waals surface area contributed by atoms with E-state index in [0.29, 0.717) is 40.3 Å². The molecule has 35 heavy (non-hydrogen) atoms. The second-order valence-electron chi connectivity index (χ2n) is 9.59. The minimum Gasteiger partial charge on any atom is -0.478 e. The van der Waals surface area contributed by atoms with E-state index in [1.54, 1.807) is 30.3 Å². The Labute approximate surface area is 207 Å². The monoisotopic (exact) mass is 474 g/mol. The molecule has 0 aliphatic carbocycles. The second kappa shape index (κ2) is 11.5. The number of pyridine rings is 1. The van der Waals surface area contributed by atoms with Gasteiger partial charge in [-0.15, -0.1) is 0 Å². The summed E-state index contributed by atoms with van der Waals surface area (Å²) >= 11 is 0. The molecule has 0 radical (unpaired) electrons. The topological polar surface area (TPSA) is 94.6 Å². The highest BCUT2D eigenvalue weighted by Gasteiger charge is 2.18. The minimum absolute atomic E-state index is 0.159. The van der Waals surface area contributed by atoms with Gasteiger partial charge in [0.25, 0.3) is 0 Å². The van der Waals surface area contributed by atoms with Gasteiger partial charge in [0.2, 0.25) is 0 Å². The summed E-state index contributed by atoms with van der Waals surface area (Å²) < 4.78 is 0. The third-order valence-corrected chi connectivity index (χ3v) is 5.31. The molecule has 0 saturated heterocycles. The summed E-state index contributed by atoms with van der Waals surface area (Å²) in [6.07, 6.45) is 0. The molecule has 3 N–H and O–H groups in total. The normalized spacial score (nSPS) is 10.9. The molecule has 7 nitrogen and oxygen atoms in total. The van der Waals surface area contributed by atoms with Gasteiger partial charge in [-0.3, -0.25) is 0 Å². The highest BCUT2D eigenvalue weighted by atomic mass is 16.4. The molecule has 2 aromatic carbocycles. The van der Waals surface area contributed by atoms with Crippen LogP contribution in [0.25, 0.3) is 11.3 Å². The van der Waals surface area contributed by atoms with Crippen LogP contribution in [0.1, 0.15) is 43.6 Å². The average Bonchev–Trinajstić information content (AvgIpc) is 2.79. The van der Waals surface area contributed by atoms with Crippen molar-refractivity contribution in [3.8, 4) is 11.3 Å². The van der Waals surface area contributed by atoms with E-state index in [1.807, 2.05) is 37.3 Å². The van der Waals surface area contributed by atoms with Gasteiger partial charge < -0.3 is 20.6 Å². The molecule has 0 spiro atoms. The number of nitrogens with zero attached hydrogens (tertiary/aromatic N) is 2. The van der Waals surface area contributed by atoms with Crippen molar-refractivity contribution in [3.63, 3.8) is 0 Å². The van der Waals surface area contributed by atoms with Gasteiger partial charge in [0.1, 0.15) is 5.82 Å². The average molecular weight is 475 g/mol. The smallest absolute Gasteiger partial charge is 0.336 e. The van der Waals surface area contributed by atoms with Gasteiger partial charge >= 0.3 is 12.0 Å². The summed E-state index contributed by atoms with van der Waals surface area (Å²) in [6.45, 7) is 12.1. The van der Waals surface area contributed by atoms with E-state index in [-0.39, 0.29) is 11.6 Å². The van der Waals surface area contributed by atoms with Crippen molar-refractivity contribution in [1.29, 1.82) is 0 Å². The Morgan fingerprint density at radius 3 is 2.09 bits per heavy atom. The van der Waals surface area contributed by atoms with Crippen LogP contribution in [-0.2, 0) is 0 Å². The standard InChI is InChI=1S/C28H34N4O3/c1-18(2)16-32(17-19(3)4)26-15-22(30-28(35)29-21-12-10-20(5)11-13-21)14-25(31-26)23-8-6-7-9-24(23)27(33)34/h6-15,18-19H,16-17H2,1-5H3,(H,33,34)(H2,29,30,31,35). The van der Waals surface area contributed by atoms with Crippen molar-refractivity contribution >= 4 is 29.2 Å². The molecule has 0 atom stereocenters. The lowest BCUT2D eigenvalue weighted by atomic mass is 10.0. The van der Waals surface area contributed by atoms with Gasteiger partial charge in [-0.05, 0) is 43.0 Å². The maximum atomic E-state index is 12.8. The number of carboxylic acids is 1. The van der Waals surface area contributed by atoms with E-state index in [1.165, 1.54) is 0 Å². The lowest BCUT2D eigenvalue weighted by molar-refractivity contribution is 0.0697. The van der Waals surface area contributed by atoms with Gasteiger partial charge in [0, 0.05) is 36.1 Å². The quantitative estimate of drug-likeness (QED) is 0.328. The number of aromatic nitrogens is 1. The van der Waals surface area contributed by atoms with Crippen LogP contribution < -0.4 is 15.5 Å². The fourth-order valence-electron chi connectivity index (χ4n) is 3.85. The second-order valence-corrected chi connectivity index (χ2v) is 9.59. The van der Waals surface area contributed by atoms with Gasteiger partial charge in [-0.25, -0.2) is 14.6 Å². The summed E-state index contributed by atoms with van der Waals surface area (Å²) in [5.41, 5.74) is 3.47. The van der Waals surface area contributed by atoms with Crippen molar-refractivity contribution in [3.05, 3.63) is 71.8 Å². The largest absolute Gasteiger partial charge is 0.478 e. The van der Waals surface area contributed by atoms with E-state index in [4.69, 9.17) is 4.98 Å². The third kappa shape index (κ3) is 7.30. The molecule has 1 aromatic heterocycles. The fourth-order valence-corrected chi connectivity index (χ4v) is 3.85. The first-order valence-electron chi connectivity index (χ1n) is 11.9. The number of urea groups is 1. The number of carboxylic acid groups (broad SMARTS) is 1. The zero-order chi connectivity index (χ0) is 25.5. The lowest BCUT2D eigenvalue weighted by Gasteiger charge is -2.28. The zero-order valence-electron chi connectivity index (χ0n) is 21.0. The molecule has 1 heterocycles. The van der Waals surface area contributed by atoms with E-state index in [9.17, 15) is 14.7 Å². The molecular weight excluding hydrogens is 440 g/mol. The number of anilines is 3. The SMILES string of the molecule is Cc1ccc(NC(=O)Nc2cc(-c3ccccc3C(=O)O)nc(N(CC(C)C)CC(C)C)c2)cc1. The van der Waals surface area contributed by atoms with Crippen LogP contribution in [0.15, 0.2) is 60.7 Å². The predicted molar refractivity (Wildman–Crippen MR) is 142 cm³/mol. The van der Waals surface area contributed by atoms with Crippen LogP contribution in [0.2, 0.25) is 0 Å². The molecule has 0 fully saturated rings. The number of hydrogen-bond donors (Lipinski definition) is 3. The molecule has 2 amide bonds. The van der Waals surface area contributed by atoms with E-state index in [2.05, 4.69) is 43.2 Å². The van der Waals surface area contributed by atoms with Crippen molar-refractivity contribution in [1.82, 2.24) is 4.98 Å². The number of benzene rings is 2. The molecule has 0 saturated carbocycles. The van der Waals surface area contributed by atoms with E-state index >= 15 is 0 Å². The van der Waals surface area contributed by atoms with Gasteiger partial charge in [-0.1, -0.05) is 63.6 Å². The molecular formula is C28H34N4O3. The first-order chi connectivity index (χ1) is 16.6. The lowest BCUT2D eigenvalue weighted by Crippen LogP contribution is -2.32. The van der Waals surface area contributed by atoms with Crippen molar-refractivity contribution in [2.75, 3.05) is 28.6 Å². The van der Waals surface area contributed by atoms with Crippen LogP contribution in [0.4, 0.5) is 22.0 Å². The van der Waals surface area contributed by atoms with Crippen LogP contribution in [0.3, 0.4) is 0 Å². The number of carbonyl (C=O) groups excluding carboxylic acids is 1. The van der Waals surface area contributed by atoms with Crippen LogP contribution in [0, 0.1) is 18.8 Å². The van der Waals surface area contributed by atoms with Crippen LogP contribution >= 0.6 is 0 Å². The number of aryl methyl sites for hydroxylation is 1. The highest BCUT2D eigenvalue weighted by Crippen LogP contribution is 2.29. The van der Waals surface area contributed by atoms with Crippen molar-refractivity contribution in [2.24, 2.45) is 11.8 Å². The molecule has 0 unspecified atom stereocenters. The summed E-state index contributed by atoms with van der Waals surface area (Å²) in [7, 11) is 0. The van der Waals surface area contributed by atoms with Gasteiger partial charge in [0.15, 0.2) is 0 Å². The maximum absolute atomic E-state index is 12.8.